The van der Waals surface area contributed by atoms with E-state index in [-0.39, 0.29) is 11.5 Å². The zero-order valence-electron chi connectivity index (χ0n) is 16.4. The van der Waals surface area contributed by atoms with E-state index in [0.717, 1.165) is 10.8 Å². The number of nitriles is 1. The number of rotatable bonds is 4. The summed E-state index contributed by atoms with van der Waals surface area (Å²) in [4.78, 5) is 30.2. The number of nitrogens with one attached hydrogen (secondary N) is 1. The number of amides is 1. The molecule has 1 heterocycles. The van der Waals surface area contributed by atoms with E-state index < -0.39 is 5.25 Å². The van der Waals surface area contributed by atoms with Crippen LogP contribution < -0.4 is 10.9 Å². The minimum atomic E-state index is -0.494. The van der Waals surface area contributed by atoms with Crippen LogP contribution in [-0.2, 0) is 11.8 Å². The Kier molecular flexibility index (Phi) is 5.25. The summed E-state index contributed by atoms with van der Waals surface area (Å²) in [6.45, 7) is 1.75. The van der Waals surface area contributed by atoms with Crippen molar-refractivity contribution in [2.24, 2.45) is 7.05 Å². The number of hydrogen-bond donors (Lipinski definition) is 1. The van der Waals surface area contributed by atoms with Gasteiger partial charge >= 0.3 is 0 Å². The molecule has 6 nitrogen and oxygen atoms in total. The second kappa shape index (κ2) is 8.01. The third kappa shape index (κ3) is 3.78. The second-order valence-electron chi connectivity index (χ2n) is 6.92. The van der Waals surface area contributed by atoms with Crippen molar-refractivity contribution in [3.63, 3.8) is 0 Å². The summed E-state index contributed by atoms with van der Waals surface area (Å²) in [6.07, 6.45) is 0. The number of fused-ring (bicyclic) bond motifs is 2. The van der Waals surface area contributed by atoms with Gasteiger partial charge in [-0.2, -0.15) is 5.26 Å². The number of aromatic nitrogens is 2. The maximum absolute atomic E-state index is 12.9. The van der Waals surface area contributed by atoms with E-state index in [0.29, 0.717) is 27.3 Å². The van der Waals surface area contributed by atoms with Crippen molar-refractivity contribution >= 4 is 45.0 Å². The van der Waals surface area contributed by atoms with Crippen LogP contribution in [0.2, 0.25) is 0 Å². The lowest BCUT2D eigenvalue weighted by Gasteiger charge is -2.14. The molecule has 1 atom stereocenters. The summed E-state index contributed by atoms with van der Waals surface area (Å²) in [6, 6.07) is 20.3. The van der Waals surface area contributed by atoms with Crippen LogP contribution in [0.25, 0.3) is 21.7 Å². The van der Waals surface area contributed by atoms with Crippen LogP contribution in [0.3, 0.4) is 0 Å². The number of anilines is 1. The first-order valence-corrected chi connectivity index (χ1v) is 10.2. The van der Waals surface area contributed by atoms with Crippen molar-refractivity contribution in [3.8, 4) is 6.07 Å². The van der Waals surface area contributed by atoms with Crippen LogP contribution >= 0.6 is 11.8 Å². The minimum Gasteiger partial charge on any atom is -0.325 e. The molecule has 1 aromatic heterocycles. The summed E-state index contributed by atoms with van der Waals surface area (Å²) >= 11 is 1.22. The Morgan fingerprint density at radius 3 is 2.60 bits per heavy atom. The Labute approximate surface area is 177 Å². The Bertz CT molecular complexity index is 1390. The SMILES string of the molecule is C[C@H](Sc1nc2cc3ccccc3cc2c(=O)n1C)C(=O)Nc1cccc(C#N)c1. The topological polar surface area (TPSA) is 87.8 Å². The highest BCUT2D eigenvalue weighted by atomic mass is 32.2. The lowest BCUT2D eigenvalue weighted by atomic mass is 10.1. The van der Waals surface area contributed by atoms with Crippen molar-refractivity contribution in [1.29, 1.82) is 5.26 Å². The zero-order chi connectivity index (χ0) is 21.3. The van der Waals surface area contributed by atoms with Crippen LogP contribution in [0, 0.1) is 11.3 Å². The molecule has 1 amide bonds. The van der Waals surface area contributed by atoms with E-state index >= 15 is 0 Å². The molecule has 0 aliphatic carbocycles. The van der Waals surface area contributed by atoms with E-state index in [1.165, 1.54) is 16.3 Å². The van der Waals surface area contributed by atoms with Gasteiger partial charge in [-0.15, -0.1) is 0 Å². The highest BCUT2D eigenvalue weighted by molar-refractivity contribution is 8.00. The number of nitrogens with zero attached hydrogens (tertiary/aromatic N) is 3. The molecule has 3 aromatic carbocycles. The third-order valence-corrected chi connectivity index (χ3v) is 5.96. The minimum absolute atomic E-state index is 0.150. The molecule has 0 saturated carbocycles. The fourth-order valence-corrected chi connectivity index (χ4v) is 4.04. The highest BCUT2D eigenvalue weighted by Gasteiger charge is 2.19. The Morgan fingerprint density at radius 2 is 1.87 bits per heavy atom. The van der Waals surface area contributed by atoms with Gasteiger partial charge in [-0.3, -0.25) is 14.2 Å². The van der Waals surface area contributed by atoms with Gasteiger partial charge in [-0.1, -0.05) is 42.1 Å². The molecule has 0 aliphatic heterocycles. The molecular weight excluding hydrogens is 396 g/mol. The highest BCUT2D eigenvalue weighted by Crippen LogP contribution is 2.25. The van der Waals surface area contributed by atoms with Crippen LogP contribution in [0.4, 0.5) is 5.69 Å². The molecule has 148 valence electrons. The maximum atomic E-state index is 12.9. The monoisotopic (exact) mass is 414 g/mol. The standard InChI is InChI=1S/C23H18N4O2S/c1-14(21(28)25-18-9-5-6-15(10-18)13-24)30-23-26-20-12-17-8-4-3-7-16(17)11-19(20)22(29)27(23)2/h3-12,14H,1-2H3,(H,25,28)/t14-/m0/s1. The quantitative estimate of drug-likeness (QED) is 0.309. The van der Waals surface area contributed by atoms with Crippen molar-refractivity contribution in [3.05, 3.63) is 76.6 Å². The van der Waals surface area contributed by atoms with Gasteiger partial charge in [0.1, 0.15) is 0 Å². The lowest BCUT2D eigenvalue weighted by Crippen LogP contribution is -2.25. The van der Waals surface area contributed by atoms with E-state index in [4.69, 9.17) is 5.26 Å². The molecule has 0 aliphatic rings. The Balaban J connectivity index is 1.63. The fourth-order valence-electron chi connectivity index (χ4n) is 3.17. The molecule has 1 N–H and O–H groups in total. The van der Waals surface area contributed by atoms with E-state index in [1.54, 1.807) is 38.2 Å². The molecule has 0 unspecified atom stereocenters. The van der Waals surface area contributed by atoms with Crippen LogP contribution in [0.1, 0.15) is 12.5 Å². The second-order valence-corrected chi connectivity index (χ2v) is 8.22. The zero-order valence-corrected chi connectivity index (χ0v) is 17.2. The first-order valence-electron chi connectivity index (χ1n) is 9.33. The van der Waals surface area contributed by atoms with Gasteiger partial charge in [0, 0.05) is 12.7 Å². The Morgan fingerprint density at radius 1 is 1.13 bits per heavy atom. The first-order chi connectivity index (χ1) is 14.5. The van der Waals surface area contributed by atoms with Crippen molar-refractivity contribution in [1.82, 2.24) is 9.55 Å². The fraction of sp³-hybridized carbons (Fsp3) is 0.130. The van der Waals surface area contributed by atoms with Crippen LogP contribution in [0.5, 0.6) is 0 Å². The molecular formula is C23H18N4O2S. The molecule has 4 aromatic rings. The molecule has 7 heteroatoms. The van der Waals surface area contributed by atoms with Crippen LogP contribution in [-0.4, -0.2) is 20.7 Å². The third-order valence-electron chi connectivity index (χ3n) is 4.81. The molecule has 0 spiro atoms. The number of carbonyl (C=O) groups is 1. The predicted molar refractivity (Wildman–Crippen MR) is 120 cm³/mol. The normalized spacial score (nSPS) is 11.9. The maximum Gasteiger partial charge on any atom is 0.261 e. The van der Waals surface area contributed by atoms with Gasteiger partial charge in [-0.25, -0.2) is 4.98 Å². The predicted octanol–water partition coefficient (Wildman–Crippen LogP) is 4.08. The average molecular weight is 414 g/mol. The molecule has 4 rings (SSSR count). The largest absolute Gasteiger partial charge is 0.325 e. The molecule has 0 radical (unpaired) electrons. The molecule has 30 heavy (non-hydrogen) atoms. The average Bonchev–Trinajstić information content (AvgIpc) is 2.76. The van der Waals surface area contributed by atoms with Crippen molar-refractivity contribution in [2.45, 2.75) is 17.3 Å². The number of hydrogen-bond acceptors (Lipinski definition) is 5. The summed E-state index contributed by atoms with van der Waals surface area (Å²) in [5.74, 6) is -0.233. The van der Waals surface area contributed by atoms with Gasteiger partial charge in [0.2, 0.25) is 5.91 Å². The lowest BCUT2D eigenvalue weighted by molar-refractivity contribution is -0.115. The van der Waals surface area contributed by atoms with Crippen molar-refractivity contribution < 1.29 is 4.79 Å². The number of thioether (sulfide) groups is 1. The number of carbonyl (C=O) groups excluding carboxylic acids is 1. The van der Waals surface area contributed by atoms with Crippen LogP contribution in [0.15, 0.2) is 70.6 Å². The molecule has 0 bridgehead atoms. The summed E-state index contributed by atoms with van der Waals surface area (Å²) < 4.78 is 1.47. The number of benzene rings is 3. The summed E-state index contributed by atoms with van der Waals surface area (Å²) in [5.41, 5.74) is 1.48. The van der Waals surface area contributed by atoms with Crippen molar-refractivity contribution in [2.75, 3.05) is 5.32 Å². The molecule has 0 fully saturated rings. The van der Waals surface area contributed by atoms with E-state index in [9.17, 15) is 9.59 Å². The van der Waals surface area contributed by atoms with Gasteiger partial charge in [0.15, 0.2) is 5.16 Å². The van der Waals surface area contributed by atoms with E-state index in [2.05, 4.69) is 10.3 Å². The first kappa shape index (κ1) is 19.7. The Hall–Kier alpha value is -3.63. The van der Waals surface area contributed by atoms with E-state index in [1.807, 2.05) is 42.5 Å². The van der Waals surface area contributed by atoms with Gasteiger partial charge in [0.25, 0.3) is 5.56 Å². The van der Waals surface area contributed by atoms with Gasteiger partial charge < -0.3 is 5.32 Å². The summed E-state index contributed by atoms with van der Waals surface area (Å²) in [7, 11) is 1.66. The van der Waals surface area contributed by atoms with Gasteiger partial charge in [0.05, 0.1) is 27.8 Å². The van der Waals surface area contributed by atoms with Gasteiger partial charge in [-0.05, 0) is 48.0 Å². The smallest absolute Gasteiger partial charge is 0.261 e. The molecule has 0 saturated heterocycles. The summed E-state index contributed by atoms with van der Waals surface area (Å²) in [5, 5.41) is 14.3.